The van der Waals surface area contributed by atoms with Crippen molar-refractivity contribution in [1.29, 1.82) is 0 Å². The van der Waals surface area contributed by atoms with Crippen LogP contribution >= 0.6 is 15.9 Å². The summed E-state index contributed by atoms with van der Waals surface area (Å²) in [6.45, 7) is 3.44. The summed E-state index contributed by atoms with van der Waals surface area (Å²) in [7, 11) is 1.76. The van der Waals surface area contributed by atoms with Crippen molar-refractivity contribution >= 4 is 21.6 Å². The Morgan fingerprint density at radius 1 is 1.43 bits per heavy atom. The second-order valence-electron chi connectivity index (χ2n) is 5.00. The second kappa shape index (κ2) is 7.72. The summed E-state index contributed by atoms with van der Waals surface area (Å²) in [4.78, 5) is 12.6. The number of methoxy groups -OCH3 is 1. The van der Waals surface area contributed by atoms with Gasteiger partial charge in [-0.3, -0.25) is 15.0 Å². The van der Waals surface area contributed by atoms with Crippen molar-refractivity contribution in [3.8, 4) is 5.75 Å². The number of halogens is 1. The van der Waals surface area contributed by atoms with Gasteiger partial charge in [0.05, 0.1) is 15.5 Å². The van der Waals surface area contributed by atoms with E-state index in [2.05, 4.69) is 20.8 Å². The number of rotatable bonds is 6. The highest BCUT2D eigenvalue weighted by atomic mass is 79.9. The molecule has 0 aromatic heterocycles. The topological polar surface area (TPSA) is 64.8 Å². The van der Waals surface area contributed by atoms with Gasteiger partial charge < -0.3 is 9.47 Å². The summed E-state index contributed by atoms with van der Waals surface area (Å²) in [5.74, 6) is 0.632. The third kappa shape index (κ3) is 4.66. The van der Waals surface area contributed by atoms with Gasteiger partial charge in [-0.05, 0) is 34.8 Å². The van der Waals surface area contributed by atoms with Crippen LogP contribution in [-0.2, 0) is 4.74 Å². The first kappa shape index (κ1) is 16.2. The Labute approximate surface area is 132 Å². The standard InChI is InChI=1S/C14H19BrN2O4/c1-20-12-4-6-16(7-5-12)8-9-21-14-3-2-11(17(18)19)10-13(14)15/h2-3,10,12H,4-9H2,1H3. The van der Waals surface area contributed by atoms with Gasteiger partial charge in [0.1, 0.15) is 12.4 Å². The molecule has 1 fully saturated rings. The minimum Gasteiger partial charge on any atom is -0.491 e. The highest BCUT2D eigenvalue weighted by Crippen LogP contribution is 2.29. The Balaban J connectivity index is 1.77. The monoisotopic (exact) mass is 358 g/mol. The summed E-state index contributed by atoms with van der Waals surface area (Å²) in [6, 6.07) is 4.53. The van der Waals surface area contributed by atoms with Gasteiger partial charge in [-0.15, -0.1) is 0 Å². The average molecular weight is 359 g/mol. The van der Waals surface area contributed by atoms with Gasteiger partial charge in [0.2, 0.25) is 0 Å². The molecule has 0 spiro atoms. The fourth-order valence-corrected chi connectivity index (χ4v) is 2.85. The van der Waals surface area contributed by atoms with Crippen molar-refractivity contribution in [3.05, 3.63) is 32.8 Å². The molecule has 7 heteroatoms. The predicted octanol–water partition coefficient (Wildman–Crippen LogP) is 2.85. The van der Waals surface area contributed by atoms with E-state index in [1.807, 2.05) is 0 Å². The van der Waals surface area contributed by atoms with Gasteiger partial charge in [-0.25, -0.2) is 0 Å². The number of hydrogen-bond donors (Lipinski definition) is 0. The lowest BCUT2D eigenvalue weighted by atomic mass is 10.1. The maximum atomic E-state index is 10.7. The van der Waals surface area contributed by atoms with E-state index in [4.69, 9.17) is 9.47 Å². The number of nitrogens with zero attached hydrogens (tertiary/aromatic N) is 2. The van der Waals surface area contributed by atoms with Gasteiger partial charge in [-0.2, -0.15) is 0 Å². The van der Waals surface area contributed by atoms with Gasteiger partial charge >= 0.3 is 0 Å². The predicted molar refractivity (Wildman–Crippen MR) is 82.8 cm³/mol. The molecule has 0 amide bonds. The lowest BCUT2D eigenvalue weighted by Crippen LogP contribution is -2.38. The number of piperidine rings is 1. The van der Waals surface area contributed by atoms with Gasteiger partial charge in [-0.1, -0.05) is 0 Å². The van der Waals surface area contributed by atoms with Crippen LogP contribution in [0.15, 0.2) is 22.7 Å². The molecule has 0 aliphatic carbocycles. The molecule has 1 aliphatic rings. The Morgan fingerprint density at radius 2 is 2.14 bits per heavy atom. The first-order valence-electron chi connectivity index (χ1n) is 6.92. The van der Waals surface area contributed by atoms with Crippen molar-refractivity contribution < 1.29 is 14.4 Å². The molecule has 1 heterocycles. The van der Waals surface area contributed by atoms with E-state index in [0.29, 0.717) is 22.9 Å². The van der Waals surface area contributed by atoms with E-state index in [1.165, 1.54) is 12.1 Å². The lowest BCUT2D eigenvalue weighted by molar-refractivity contribution is -0.385. The molecule has 1 aromatic carbocycles. The zero-order chi connectivity index (χ0) is 15.2. The summed E-state index contributed by atoms with van der Waals surface area (Å²) in [5.41, 5.74) is 0.0517. The summed E-state index contributed by atoms with van der Waals surface area (Å²) < 4.78 is 11.6. The van der Waals surface area contributed by atoms with Gasteiger partial charge in [0, 0.05) is 38.9 Å². The minimum absolute atomic E-state index is 0.0517. The normalized spacial score (nSPS) is 16.9. The molecular weight excluding hydrogens is 340 g/mol. The molecule has 1 aromatic rings. The van der Waals surface area contributed by atoms with Crippen LogP contribution < -0.4 is 4.74 Å². The SMILES string of the molecule is COC1CCN(CCOc2ccc([N+](=O)[O-])cc2Br)CC1. The number of hydrogen-bond acceptors (Lipinski definition) is 5. The maximum Gasteiger partial charge on any atom is 0.270 e. The van der Waals surface area contributed by atoms with E-state index >= 15 is 0 Å². The minimum atomic E-state index is -0.422. The van der Waals surface area contributed by atoms with Crippen LogP contribution in [-0.4, -0.2) is 49.3 Å². The van der Waals surface area contributed by atoms with E-state index < -0.39 is 4.92 Å². The van der Waals surface area contributed by atoms with Gasteiger partial charge in [0.15, 0.2) is 0 Å². The van der Waals surface area contributed by atoms with Crippen molar-refractivity contribution in [2.45, 2.75) is 18.9 Å². The summed E-state index contributed by atoms with van der Waals surface area (Å²) >= 11 is 3.30. The van der Waals surface area contributed by atoms with Crippen LogP contribution in [0.1, 0.15) is 12.8 Å². The van der Waals surface area contributed by atoms with E-state index in [0.717, 1.165) is 32.5 Å². The van der Waals surface area contributed by atoms with E-state index in [-0.39, 0.29) is 5.69 Å². The maximum absolute atomic E-state index is 10.7. The van der Waals surface area contributed by atoms with Crippen LogP contribution in [0.25, 0.3) is 0 Å². The third-order valence-electron chi connectivity index (χ3n) is 3.66. The number of likely N-dealkylation sites (tertiary alicyclic amines) is 1. The Morgan fingerprint density at radius 3 is 2.71 bits per heavy atom. The number of benzene rings is 1. The highest BCUT2D eigenvalue weighted by molar-refractivity contribution is 9.10. The number of ether oxygens (including phenoxy) is 2. The van der Waals surface area contributed by atoms with Crippen LogP contribution in [0.2, 0.25) is 0 Å². The molecule has 0 saturated carbocycles. The fourth-order valence-electron chi connectivity index (χ4n) is 2.37. The third-order valence-corrected chi connectivity index (χ3v) is 4.28. The first-order valence-corrected chi connectivity index (χ1v) is 7.71. The Bertz CT molecular complexity index is 490. The second-order valence-corrected chi connectivity index (χ2v) is 5.85. The van der Waals surface area contributed by atoms with Crippen LogP contribution in [0.5, 0.6) is 5.75 Å². The largest absolute Gasteiger partial charge is 0.491 e. The fraction of sp³-hybridized carbons (Fsp3) is 0.571. The summed E-state index contributed by atoms with van der Waals surface area (Å²) in [5, 5.41) is 10.7. The molecule has 0 N–H and O–H groups in total. The number of nitro benzene ring substituents is 1. The smallest absolute Gasteiger partial charge is 0.270 e. The zero-order valence-electron chi connectivity index (χ0n) is 12.0. The zero-order valence-corrected chi connectivity index (χ0v) is 13.5. The first-order chi connectivity index (χ1) is 10.1. The van der Waals surface area contributed by atoms with Crippen molar-refractivity contribution in [2.24, 2.45) is 0 Å². The average Bonchev–Trinajstić information content (AvgIpc) is 2.49. The van der Waals surface area contributed by atoms with Gasteiger partial charge in [0.25, 0.3) is 5.69 Å². The molecular formula is C14H19BrN2O4. The highest BCUT2D eigenvalue weighted by Gasteiger charge is 2.18. The molecule has 2 rings (SSSR count). The molecule has 0 bridgehead atoms. The Hall–Kier alpha value is -1.18. The van der Waals surface area contributed by atoms with Crippen molar-refractivity contribution in [3.63, 3.8) is 0 Å². The molecule has 1 aliphatic heterocycles. The van der Waals surface area contributed by atoms with Crippen LogP contribution in [0.4, 0.5) is 5.69 Å². The molecule has 116 valence electrons. The van der Waals surface area contributed by atoms with E-state index in [1.54, 1.807) is 13.2 Å². The van der Waals surface area contributed by atoms with Crippen molar-refractivity contribution in [1.82, 2.24) is 4.90 Å². The molecule has 21 heavy (non-hydrogen) atoms. The van der Waals surface area contributed by atoms with Crippen molar-refractivity contribution in [2.75, 3.05) is 33.4 Å². The van der Waals surface area contributed by atoms with Crippen LogP contribution in [0, 0.1) is 10.1 Å². The number of non-ortho nitro benzene ring substituents is 1. The molecule has 1 saturated heterocycles. The molecule has 6 nitrogen and oxygen atoms in total. The van der Waals surface area contributed by atoms with E-state index in [9.17, 15) is 10.1 Å². The molecule has 0 radical (unpaired) electrons. The lowest BCUT2D eigenvalue weighted by Gasteiger charge is -2.30. The quantitative estimate of drug-likeness (QED) is 0.577. The van der Waals surface area contributed by atoms with Crippen LogP contribution in [0.3, 0.4) is 0 Å². The Kier molecular flexibility index (Phi) is 5.96. The molecule has 0 atom stereocenters. The molecule has 0 unspecified atom stereocenters. The number of nitro groups is 1. The summed E-state index contributed by atoms with van der Waals surface area (Å²) in [6.07, 6.45) is 2.49.